The van der Waals surface area contributed by atoms with E-state index < -0.39 is 0 Å². The molecule has 0 amide bonds. The Balaban J connectivity index is 1.73. The van der Waals surface area contributed by atoms with Crippen molar-refractivity contribution in [1.82, 2.24) is 15.5 Å². The minimum absolute atomic E-state index is 0.231. The van der Waals surface area contributed by atoms with Crippen LogP contribution in [0.2, 0.25) is 0 Å². The Morgan fingerprint density at radius 3 is 3.00 bits per heavy atom. The van der Waals surface area contributed by atoms with Gasteiger partial charge in [0.05, 0.1) is 6.04 Å². The molecule has 1 N–H and O–H groups in total. The molecule has 4 nitrogen and oxygen atoms in total. The Morgan fingerprint density at radius 2 is 2.21 bits per heavy atom. The van der Waals surface area contributed by atoms with Gasteiger partial charge < -0.3 is 9.84 Å². The molecule has 1 aliphatic rings. The van der Waals surface area contributed by atoms with Crippen molar-refractivity contribution in [3.63, 3.8) is 0 Å². The van der Waals surface area contributed by atoms with E-state index in [1.165, 1.54) is 18.4 Å². The fraction of sp³-hybridized carbons (Fsp3) is 0.429. The van der Waals surface area contributed by atoms with Gasteiger partial charge in [0, 0.05) is 10.9 Å². The lowest BCUT2D eigenvalue weighted by atomic mass is 10.1. The van der Waals surface area contributed by atoms with E-state index in [2.05, 4.69) is 37.5 Å². The van der Waals surface area contributed by atoms with Crippen molar-refractivity contribution in [2.45, 2.75) is 31.7 Å². The number of nitrogens with one attached hydrogen (secondary N) is 1. The lowest BCUT2D eigenvalue weighted by molar-refractivity contribution is 0.296. The van der Waals surface area contributed by atoms with Gasteiger partial charge in [-0.25, -0.2) is 0 Å². The Kier molecular flexibility index (Phi) is 3.94. The highest BCUT2D eigenvalue weighted by Crippen LogP contribution is 2.23. The number of nitrogens with zero attached hydrogens (tertiary/aromatic N) is 2. The van der Waals surface area contributed by atoms with Gasteiger partial charge in [-0.2, -0.15) is 4.98 Å². The number of hydrogen-bond acceptors (Lipinski definition) is 4. The van der Waals surface area contributed by atoms with Gasteiger partial charge in [0.2, 0.25) is 5.89 Å². The maximum absolute atomic E-state index is 5.38. The van der Waals surface area contributed by atoms with Crippen molar-refractivity contribution in [3.8, 4) is 0 Å². The molecule has 2 aromatic rings. The number of hydrogen-bond donors (Lipinski definition) is 1. The quantitative estimate of drug-likeness (QED) is 0.942. The minimum Gasteiger partial charge on any atom is -0.338 e. The molecule has 2 heterocycles. The lowest BCUT2D eigenvalue weighted by Crippen LogP contribution is -2.27. The van der Waals surface area contributed by atoms with E-state index in [1.54, 1.807) is 0 Å². The zero-order chi connectivity index (χ0) is 13.1. The van der Waals surface area contributed by atoms with Crippen LogP contribution in [0.5, 0.6) is 0 Å². The van der Waals surface area contributed by atoms with Gasteiger partial charge >= 0.3 is 0 Å². The number of piperidine rings is 1. The molecule has 19 heavy (non-hydrogen) atoms. The van der Waals surface area contributed by atoms with Crippen LogP contribution in [0.1, 0.15) is 42.6 Å². The van der Waals surface area contributed by atoms with Crippen LogP contribution in [-0.4, -0.2) is 16.7 Å². The molecule has 0 aliphatic carbocycles. The Bertz CT molecular complexity index is 549. The Hall–Kier alpha value is -1.20. The molecule has 1 saturated heterocycles. The van der Waals surface area contributed by atoms with Crippen molar-refractivity contribution in [1.29, 1.82) is 0 Å². The maximum Gasteiger partial charge on any atom is 0.243 e. The van der Waals surface area contributed by atoms with Crippen molar-refractivity contribution in [2.24, 2.45) is 0 Å². The summed E-state index contributed by atoms with van der Waals surface area (Å²) in [7, 11) is 0. The van der Waals surface area contributed by atoms with Gasteiger partial charge in [0.1, 0.15) is 0 Å². The van der Waals surface area contributed by atoms with Crippen molar-refractivity contribution < 1.29 is 4.52 Å². The van der Waals surface area contributed by atoms with E-state index in [-0.39, 0.29) is 6.04 Å². The first kappa shape index (κ1) is 12.8. The van der Waals surface area contributed by atoms with Crippen LogP contribution in [0.25, 0.3) is 0 Å². The Morgan fingerprint density at radius 1 is 1.32 bits per heavy atom. The third-order valence-electron chi connectivity index (χ3n) is 3.40. The molecule has 0 radical (unpaired) electrons. The number of aromatic nitrogens is 2. The van der Waals surface area contributed by atoms with Crippen molar-refractivity contribution in [2.75, 3.05) is 6.54 Å². The average molecular weight is 322 g/mol. The highest BCUT2D eigenvalue weighted by Gasteiger charge is 2.21. The van der Waals surface area contributed by atoms with Crippen LogP contribution in [0.3, 0.4) is 0 Å². The van der Waals surface area contributed by atoms with E-state index in [4.69, 9.17) is 4.52 Å². The molecule has 1 aromatic carbocycles. The van der Waals surface area contributed by atoms with Crippen LogP contribution in [0, 0.1) is 0 Å². The third-order valence-corrected chi connectivity index (χ3v) is 4.17. The first-order valence-corrected chi connectivity index (χ1v) is 7.41. The molecule has 100 valence electrons. The summed E-state index contributed by atoms with van der Waals surface area (Å²) in [6, 6.07) is 8.34. The van der Waals surface area contributed by atoms with Gasteiger partial charge in [-0.3, -0.25) is 0 Å². The minimum atomic E-state index is 0.231. The highest BCUT2D eigenvalue weighted by atomic mass is 79.9. The second-order valence-corrected chi connectivity index (χ2v) is 5.67. The van der Waals surface area contributed by atoms with Gasteiger partial charge in [-0.05, 0) is 31.0 Å². The maximum atomic E-state index is 5.38. The second-order valence-electron chi connectivity index (χ2n) is 4.82. The fourth-order valence-electron chi connectivity index (χ4n) is 2.36. The van der Waals surface area contributed by atoms with Crippen LogP contribution in [-0.2, 0) is 6.42 Å². The van der Waals surface area contributed by atoms with E-state index in [9.17, 15) is 0 Å². The summed E-state index contributed by atoms with van der Waals surface area (Å²) in [5.74, 6) is 1.47. The summed E-state index contributed by atoms with van der Waals surface area (Å²) < 4.78 is 6.46. The topological polar surface area (TPSA) is 51.0 Å². The van der Waals surface area contributed by atoms with E-state index in [0.29, 0.717) is 6.42 Å². The zero-order valence-corrected chi connectivity index (χ0v) is 12.2. The normalized spacial score (nSPS) is 19.5. The summed E-state index contributed by atoms with van der Waals surface area (Å²) in [6.07, 6.45) is 4.22. The summed E-state index contributed by atoms with van der Waals surface area (Å²) >= 11 is 3.54. The fourth-order valence-corrected chi connectivity index (χ4v) is 2.78. The molecular formula is C14H16BrN3O. The van der Waals surface area contributed by atoms with Gasteiger partial charge in [-0.15, -0.1) is 0 Å². The predicted molar refractivity (Wildman–Crippen MR) is 75.8 cm³/mol. The summed E-state index contributed by atoms with van der Waals surface area (Å²) in [5, 5.41) is 7.50. The molecule has 1 aliphatic heterocycles. The van der Waals surface area contributed by atoms with Crippen LogP contribution < -0.4 is 5.32 Å². The third kappa shape index (κ3) is 3.04. The zero-order valence-electron chi connectivity index (χ0n) is 10.6. The molecule has 1 atom stereocenters. The first-order valence-electron chi connectivity index (χ1n) is 6.62. The number of benzene rings is 1. The highest BCUT2D eigenvalue weighted by molar-refractivity contribution is 9.10. The summed E-state index contributed by atoms with van der Waals surface area (Å²) in [4.78, 5) is 4.51. The monoisotopic (exact) mass is 321 g/mol. The number of rotatable bonds is 3. The van der Waals surface area contributed by atoms with Gasteiger partial charge in [0.25, 0.3) is 0 Å². The summed E-state index contributed by atoms with van der Waals surface area (Å²) in [5.41, 5.74) is 1.17. The van der Waals surface area contributed by atoms with Gasteiger partial charge in [0.15, 0.2) is 5.82 Å². The molecule has 5 heteroatoms. The van der Waals surface area contributed by atoms with Crippen LogP contribution >= 0.6 is 15.9 Å². The molecule has 3 rings (SSSR count). The standard InChI is InChI=1S/C14H16BrN3O/c15-11-6-2-1-5-10(11)9-13-17-14(19-18-13)12-7-3-4-8-16-12/h1-2,5-6,12,16H,3-4,7-9H2. The van der Waals surface area contributed by atoms with Crippen molar-refractivity contribution in [3.05, 3.63) is 46.0 Å². The van der Waals surface area contributed by atoms with Crippen LogP contribution in [0.15, 0.2) is 33.3 Å². The molecule has 1 aromatic heterocycles. The van der Waals surface area contributed by atoms with Crippen molar-refractivity contribution >= 4 is 15.9 Å². The molecule has 0 saturated carbocycles. The predicted octanol–water partition coefficient (Wildman–Crippen LogP) is 3.24. The van der Waals surface area contributed by atoms with E-state index >= 15 is 0 Å². The molecule has 1 unspecified atom stereocenters. The first-order chi connectivity index (χ1) is 9.33. The summed E-state index contributed by atoms with van der Waals surface area (Å²) in [6.45, 7) is 1.03. The molecular weight excluding hydrogens is 306 g/mol. The lowest BCUT2D eigenvalue weighted by Gasteiger charge is -2.19. The number of halogens is 1. The van der Waals surface area contributed by atoms with E-state index in [0.717, 1.165) is 29.2 Å². The SMILES string of the molecule is Brc1ccccc1Cc1noc(C2CCCCN2)n1. The molecule has 0 spiro atoms. The average Bonchev–Trinajstić information content (AvgIpc) is 2.91. The molecule has 1 fully saturated rings. The largest absolute Gasteiger partial charge is 0.338 e. The second kappa shape index (κ2) is 5.84. The van der Waals surface area contributed by atoms with E-state index in [1.807, 2.05) is 18.2 Å². The van der Waals surface area contributed by atoms with Gasteiger partial charge in [-0.1, -0.05) is 45.7 Å². The smallest absolute Gasteiger partial charge is 0.243 e. The molecule has 0 bridgehead atoms. The Labute approximate surface area is 120 Å². The van der Waals surface area contributed by atoms with Crippen LogP contribution in [0.4, 0.5) is 0 Å².